The van der Waals surface area contributed by atoms with Gasteiger partial charge in [0, 0.05) is 19.2 Å². The molecule has 1 aliphatic rings. The zero-order chi connectivity index (χ0) is 17.8. The molecule has 1 aliphatic heterocycles. The molecule has 2 aromatic carbocycles. The van der Waals surface area contributed by atoms with E-state index in [2.05, 4.69) is 5.32 Å². The van der Waals surface area contributed by atoms with Gasteiger partial charge in [0.05, 0.1) is 12.9 Å². The summed E-state index contributed by atoms with van der Waals surface area (Å²) in [6.07, 6.45) is 0. The Bertz CT molecular complexity index is 776. The molecule has 1 N–H and O–H groups in total. The molecule has 25 heavy (non-hydrogen) atoms. The van der Waals surface area contributed by atoms with Crippen molar-refractivity contribution in [2.24, 2.45) is 0 Å². The summed E-state index contributed by atoms with van der Waals surface area (Å²) >= 11 is 1.62. The normalized spacial score (nSPS) is 16.8. The van der Waals surface area contributed by atoms with Gasteiger partial charge in [0.25, 0.3) is 0 Å². The fraction of sp³-hybridized carbons (Fsp3) is 0.263. The molecule has 2 aromatic rings. The van der Waals surface area contributed by atoms with Gasteiger partial charge in [0.2, 0.25) is 11.8 Å². The van der Waals surface area contributed by atoms with Crippen LogP contribution in [0.4, 0.5) is 5.69 Å². The van der Waals surface area contributed by atoms with Crippen molar-refractivity contribution in [2.45, 2.75) is 18.8 Å². The van der Waals surface area contributed by atoms with E-state index in [1.807, 2.05) is 53.4 Å². The van der Waals surface area contributed by atoms with Crippen molar-refractivity contribution in [3.63, 3.8) is 0 Å². The highest BCUT2D eigenvalue weighted by Gasteiger charge is 2.32. The minimum atomic E-state index is -0.0992. The minimum Gasteiger partial charge on any atom is -0.497 e. The Labute approximate surface area is 151 Å². The predicted octanol–water partition coefficient (Wildman–Crippen LogP) is 3.43. The SMILES string of the molecule is COc1cccc(CN2C(=O)CSC2c2ccc(NC(C)=O)cc2)c1. The number of methoxy groups -OCH3 is 1. The molecule has 2 amide bonds. The lowest BCUT2D eigenvalue weighted by molar-refractivity contribution is -0.128. The van der Waals surface area contributed by atoms with Crippen LogP contribution in [0.1, 0.15) is 23.4 Å². The third-order valence-corrected chi connectivity index (χ3v) is 5.23. The predicted molar refractivity (Wildman–Crippen MR) is 99.5 cm³/mol. The number of hydrogen-bond donors (Lipinski definition) is 1. The Hall–Kier alpha value is -2.47. The van der Waals surface area contributed by atoms with Crippen molar-refractivity contribution >= 4 is 29.3 Å². The van der Waals surface area contributed by atoms with Gasteiger partial charge >= 0.3 is 0 Å². The molecule has 1 saturated heterocycles. The second kappa shape index (κ2) is 7.61. The highest BCUT2D eigenvalue weighted by molar-refractivity contribution is 8.00. The molecule has 6 heteroatoms. The molecule has 0 saturated carbocycles. The molecule has 1 heterocycles. The van der Waals surface area contributed by atoms with E-state index in [1.54, 1.807) is 18.9 Å². The fourth-order valence-corrected chi connectivity index (χ4v) is 3.99. The van der Waals surface area contributed by atoms with E-state index < -0.39 is 0 Å². The van der Waals surface area contributed by atoms with E-state index in [4.69, 9.17) is 4.74 Å². The van der Waals surface area contributed by atoms with Crippen LogP contribution in [0.5, 0.6) is 5.75 Å². The van der Waals surface area contributed by atoms with Crippen LogP contribution in [0.25, 0.3) is 0 Å². The molecule has 1 unspecified atom stereocenters. The zero-order valence-corrected chi connectivity index (χ0v) is 15.0. The van der Waals surface area contributed by atoms with Gasteiger partial charge in [0.15, 0.2) is 0 Å². The van der Waals surface area contributed by atoms with Gasteiger partial charge in [-0.3, -0.25) is 9.59 Å². The summed E-state index contributed by atoms with van der Waals surface area (Å²) in [5, 5.41) is 2.73. The second-order valence-electron chi connectivity index (χ2n) is 5.84. The van der Waals surface area contributed by atoms with Gasteiger partial charge < -0.3 is 15.0 Å². The molecule has 0 aliphatic carbocycles. The number of carbonyl (C=O) groups is 2. The molecule has 0 bridgehead atoms. The smallest absolute Gasteiger partial charge is 0.234 e. The molecular weight excluding hydrogens is 336 g/mol. The van der Waals surface area contributed by atoms with Crippen molar-refractivity contribution in [3.05, 3.63) is 59.7 Å². The van der Waals surface area contributed by atoms with Crippen molar-refractivity contribution < 1.29 is 14.3 Å². The Morgan fingerprint density at radius 1 is 1.28 bits per heavy atom. The highest BCUT2D eigenvalue weighted by Crippen LogP contribution is 2.40. The van der Waals surface area contributed by atoms with Crippen LogP contribution in [0.2, 0.25) is 0 Å². The van der Waals surface area contributed by atoms with Crippen LogP contribution >= 0.6 is 11.8 Å². The lowest BCUT2D eigenvalue weighted by atomic mass is 10.1. The Balaban J connectivity index is 1.78. The van der Waals surface area contributed by atoms with Gasteiger partial charge in [-0.05, 0) is 35.4 Å². The first-order valence-electron chi connectivity index (χ1n) is 7.98. The highest BCUT2D eigenvalue weighted by atomic mass is 32.2. The Morgan fingerprint density at radius 3 is 2.72 bits per heavy atom. The molecule has 3 rings (SSSR count). The molecular formula is C19H20N2O3S. The van der Waals surface area contributed by atoms with Gasteiger partial charge in [-0.1, -0.05) is 24.3 Å². The second-order valence-corrected chi connectivity index (χ2v) is 6.91. The summed E-state index contributed by atoms with van der Waals surface area (Å²) in [7, 11) is 1.63. The number of benzene rings is 2. The van der Waals surface area contributed by atoms with Crippen LogP contribution in [0.3, 0.4) is 0 Å². The molecule has 0 aromatic heterocycles. The first kappa shape index (κ1) is 17.4. The maximum atomic E-state index is 12.3. The summed E-state index contributed by atoms with van der Waals surface area (Å²) in [6.45, 7) is 2.02. The summed E-state index contributed by atoms with van der Waals surface area (Å²) < 4.78 is 5.26. The van der Waals surface area contributed by atoms with Crippen LogP contribution in [0, 0.1) is 0 Å². The van der Waals surface area contributed by atoms with E-state index in [0.717, 1.165) is 22.6 Å². The lowest BCUT2D eigenvalue weighted by Gasteiger charge is -2.24. The number of anilines is 1. The summed E-state index contributed by atoms with van der Waals surface area (Å²) in [5.41, 5.74) is 2.84. The molecule has 0 spiro atoms. The standard InChI is InChI=1S/C19H20N2O3S/c1-13(22)20-16-8-6-15(7-9-16)19-21(18(23)12-25-19)11-14-4-3-5-17(10-14)24-2/h3-10,19H,11-12H2,1-2H3,(H,20,22). The van der Waals surface area contributed by atoms with Crippen molar-refractivity contribution in [2.75, 3.05) is 18.2 Å². The fourth-order valence-electron chi connectivity index (χ4n) is 2.80. The van der Waals surface area contributed by atoms with E-state index in [1.165, 1.54) is 6.92 Å². The Morgan fingerprint density at radius 2 is 2.04 bits per heavy atom. The van der Waals surface area contributed by atoms with E-state index in [0.29, 0.717) is 12.3 Å². The summed E-state index contributed by atoms with van der Waals surface area (Å²) in [5.74, 6) is 1.29. The number of nitrogens with zero attached hydrogens (tertiary/aromatic N) is 1. The quantitative estimate of drug-likeness (QED) is 0.892. The molecule has 130 valence electrons. The number of carbonyl (C=O) groups excluding carboxylic acids is 2. The molecule has 1 atom stereocenters. The largest absolute Gasteiger partial charge is 0.497 e. The lowest BCUT2D eigenvalue weighted by Crippen LogP contribution is -2.27. The van der Waals surface area contributed by atoms with Gasteiger partial charge in [-0.25, -0.2) is 0 Å². The van der Waals surface area contributed by atoms with Crippen molar-refractivity contribution in [1.29, 1.82) is 0 Å². The van der Waals surface area contributed by atoms with Gasteiger partial charge in [0.1, 0.15) is 11.1 Å². The maximum Gasteiger partial charge on any atom is 0.234 e. The van der Waals surface area contributed by atoms with Crippen LogP contribution in [0.15, 0.2) is 48.5 Å². The number of hydrogen-bond acceptors (Lipinski definition) is 4. The van der Waals surface area contributed by atoms with E-state index in [9.17, 15) is 9.59 Å². The topological polar surface area (TPSA) is 58.6 Å². The van der Waals surface area contributed by atoms with Crippen LogP contribution < -0.4 is 10.1 Å². The number of nitrogens with one attached hydrogen (secondary N) is 1. The molecule has 5 nitrogen and oxygen atoms in total. The number of thioether (sulfide) groups is 1. The molecule has 1 fully saturated rings. The minimum absolute atomic E-state index is 0.0231. The van der Waals surface area contributed by atoms with E-state index in [-0.39, 0.29) is 17.2 Å². The summed E-state index contributed by atoms with van der Waals surface area (Å²) in [6, 6.07) is 15.4. The van der Waals surface area contributed by atoms with Gasteiger partial charge in [-0.15, -0.1) is 11.8 Å². The first-order valence-corrected chi connectivity index (χ1v) is 9.03. The number of amides is 2. The van der Waals surface area contributed by atoms with Crippen molar-refractivity contribution in [3.8, 4) is 5.75 Å². The van der Waals surface area contributed by atoms with Crippen molar-refractivity contribution in [1.82, 2.24) is 4.90 Å². The first-order chi connectivity index (χ1) is 12.1. The van der Waals surface area contributed by atoms with Gasteiger partial charge in [-0.2, -0.15) is 0 Å². The third-order valence-electron chi connectivity index (χ3n) is 3.97. The van der Waals surface area contributed by atoms with Crippen LogP contribution in [-0.2, 0) is 16.1 Å². The summed E-state index contributed by atoms with van der Waals surface area (Å²) in [4.78, 5) is 25.4. The monoisotopic (exact) mass is 356 g/mol. The van der Waals surface area contributed by atoms with E-state index >= 15 is 0 Å². The average molecular weight is 356 g/mol. The maximum absolute atomic E-state index is 12.3. The zero-order valence-electron chi connectivity index (χ0n) is 14.2. The van der Waals surface area contributed by atoms with Crippen LogP contribution in [-0.4, -0.2) is 29.6 Å². The average Bonchev–Trinajstić information content (AvgIpc) is 2.96. The number of ether oxygens (including phenoxy) is 1. The third kappa shape index (κ3) is 4.14. The number of rotatable bonds is 5. The molecule has 0 radical (unpaired) electrons. The Kier molecular flexibility index (Phi) is 5.28.